The molecule has 0 fully saturated rings. The van der Waals surface area contributed by atoms with Gasteiger partial charge in [0.05, 0.1) is 18.1 Å². The predicted molar refractivity (Wildman–Crippen MR) is 119 cm³/mol. The Kier molecular flexibility index (Phi) is 5.57. The number of rotatable bonds is 6. The first-order valence-electron chi connectivity index (χ1n) is 9.91. The maximum Gasteiger partial charge on any atom is 0.343 e. The van der Waals surface area contributed by atoms with Crippen LogP contribution in [0.15, 0.2) is 75.9 Å². The summed E-state index contributed by atoms with van der Waals surface area (Å²) >= 11 is 0. The third-order valence-corrected chi connectivity index (χ3v) is 5.09. The summed E-state index contributed by atoms with van der Waals surface area (Å²) in [6.45, 7) is 4.45. The van der Waals surface area contributed by atoms with E-state index in [9.17, 15) is 4.79 Å². The van der Waals surface area contributed by atoms with Gasteiger partial charge in [-0.3, -0.25) is 0 Å². The van der Waals surface area contributed by atoms with Crippen LogP contribution in [0.1, 0.15) is 27.8 Å². The molecule has 0 saturated carbocycles. The number of ether oxygens (including phenoxy) is 2. The highest BCUT2D eigenvalue weighted by Crippen LogP contribution is 2.32. The molecule has 4 nitrogen and oxygen atoms in total. The van der Waals surface area contributed by atoms with Gasteiger partial charge in [0.1, 0.15) is 23.7 Å². The van der Waals surface area contributed by atoms with E-state index in [1.807, 2.05) is 62.4 Å². The number of fused-ring (bicyclic) bond motifs is 1. The maximum atomic E-state index is 12.9. The van der Waals surface area contributed by atoms with E-state index in [4.69, 9.17) is 13.9 Å². The van der Waals surface area contributed by atoms with E-state index in [0.717, 1.165) is 22.1 Å². The van der Waals surface area contributed by atoms with Gasteiger partial charge in [0.15, 0.2) is 0 Å². The Bertz CT molecular complexity index is 1250. The van der Waals surface area contributed by atoms with Crippen LogP contribution in [0, 0.1) is 13.8 Å². The Balaban J connectivity index is 1.80. The zero-order valence-corrected chi connectivity index (χ0v) is 17.4. The lowest BCUT2D eigenvalue weighted by molar-refractivity contribution is 0.303. The average Bonchev–Trinajstić information content (AvgIpc) is 2.73. The molecule has 0 aliphatic heterocycles. The molecule has 4 aromatic rings. The summed E-state index contributed by atoms with van der Waals surface area (Å²) in [7, 11) is 1.58. The molecule has 0 saturated heterocycles. The molecule has 0 radical (unpaired) electrons. The van der Waals surface area contributed by atoms with Crippen molar-refractivity contribution in [3.05, 3.63) is 105 Å². The monoisotopic (exact) mass is 400 g/mol. The van der Waals surface area contributed by atoms with Crippen LogP contribution in [0.4, 0.5) is 0 Å². The smallest absolute Gasteiger partial charge is 0.343 e. The Hall–Kier alpha value is -3.53. The van der Waals surface area contributed by atoms with Gasteiger partial charge in [-0.25, -0.2) is 4.79 Å². The molecular weight excluding hydrogens is 376 g/mol. The number of methoxy groups -OCH3 is 1. The van der Waals surface area contributed by atoms with Crippen molar-refractivity contribution in [2.24, 2.45) is 0 Å². The van der Waals surface area contributed by atoms with Crippen molar-refractivity contribution in [2.45, 2.75) is 26.9 Å². The fraction of sp³-hybridized carbons (Fsp3) is 0.192. The van der Waals surface area contributed by atoms with Gasteiger partial charge in [0.2, 0.25) is 0 Å². The van der Waals surface area contributed by atoms with Crippen molar-refractivity contribution in [3.8, 4) is 11.5 Å². The molecule has 0 atom stereocenters. The highest BCUT2D eigenvalue weighted by molar-refractivity contribution is 5.85. The van der Waals surface area contributed by atoms with Crippen molar-refractivity contribution in [2.75, 3.05) is 7.11 Å². The molecule has 3 aromatic carbocycles. The van der Waals surface area contributed by atoms with Crippen molar-refractivity contribution in [3.63, 3.8) is 0 Å². The predicted octanol–water partition coefficient (Wildman–Crippen LogP) is 5.59. The second-order valence-corrected chi connectivity index (χ2v) is 7.50. The number of hydrogen-bond donors (Lipinski definition) is 0. The molecular formula is C26H24O4. The molecule has 0 bridgehead atoms. The summed E-state index contributed by atoms with van der Waals surface area (Å²) in [5.74, 6) is 1.19. The van der Waals surface area contributed by atoms with E-state index >= 15 is 0 Å². The third kappa shape index (κ3) is 4.23. The zero-order chi connectivity index (χ0) is 21.1. The van der Waals surface area contributed by atoms with E-state index in [2.05, 4.69) is 12.1 Å². The lowest BCUT2D eigenvalue weighted by atomic mass is 10.0. The van der Waals surface area contributed by atoms with Crippen LogP contribution >= 0.6 is 0 Å². The van der Waals surface area contributed by atoms with Gasteiger partial charge in [-0.1, -0.05) is 59.7 Å². The van der Waals surface area contributed by atoms with Gasteiger partial charge in [0, 0.05) is 12.5 Å². The van der Waals surface area contributed by atoms with Gasteiger partial charge < -0.3 is 13.9 Å². The third-order valence-electron chi connectivity index (χ3n) is 5.09. The fourth-order valence-corrected chi connectivity index (χ4v) is 3.62. The van der Waals surface area contributed by atoms with Crippen LogP contribution in [0.3, 0.4) is 0 Å². The van der Waals surface area contributed by atoms with E-state index in [0.29, 0.717) is 35.7 Å². The van der Waals surface area contributed by atoms with E-state index in [-0.39, 0.29) is 0 Å². The largest absolute Gasteiger partial charge is 0.497 e. The Morgan fingerprint density at radius 1 is 0.867 bits per heavy atom. The minimum Gasteiger partial charge on any atom is -0.497 e. The summed E-state index contributed by atoms with van der Waals surface area (Å²) < 4.78 is 17.2. The zero-order valence-electron chi connectivity index (χ0n) is 17.4. The fourth-order valence-electron chi connectivity index (χ4n) is 3.62. The molecule has 4 heteroatoms. The molecule has 0 N–H and O–H groups in total. The number of benzene rings is 3. The summed E-state index contributed by atoms with van der Waals surface area (Å²) in [5, 5.41) is 0.755. The molecule has 1 aromatic heterocycles. The molecule has 4 rings (SSSR count). The normalized spacial score (nSPS) is 10.9. The van der Waals surface area contributed by atoms with Crippen LogP contribution in [0.2, 0.25) is 0 Å². The summed E-state index contributed by atoms with van der Waals surface area (Å²) in [6.07, 6.45) is 0.440. The van der Waals surface area contributed by atoms with Gasteiger partial charge >= 0.3 is 5.63 Å². The van der Waals surface area contributed by atoms with Crippen molar-refractivity contribution in [1.29, 1.82) is 0 Å². The molecule has 0 amide bonds. The molecule has 0 unspecified atom stereocenters. The van der Waals surface area contributed by atoms with E-state index < -0.39 is 5.63 Å². The molecule has 0 spiro atoms. The Labute approximate surface area is 175 Å². The van der Waals surface area contributed by atoms with Crippen molar-refractivity contribution in [1.82, 2.24) is 0 Å². The SMILES string of the molecule is COc1ccc2c(OCc3cccc(C)c3)c(Cc3cccc(C)c3)c(=O)oc2c1. The van der Waals surface area contributed by atoms with Crippen molar-refractivity contribution < 1.29 is 13.9 Å². The van der Waals surface area contributed by atoms with Crippen LogP contribution in [-0.2, 0) is 13.0 Å². The molecule has 0 aliphatic rings. The number of hydrogen-bond acceptors (Lipinski definition) is 4. The van der Waals surface area contributed by atoms with E-state index in [1.54, 1.807) is 13.2 Å². The second kappa shape index (κ2) is 8.46. The standard InChI is InChI=1S/C26H24O4/c1-17-6-4-8-19(12-17)14-23-25(29-16-20-9-5-7-18(2)13-20)22-11-10-21(28-3)15-24(22)30-26(23)27/h4-13,15H,14,16H2,1-3H3. The topological polar surface area (TPSA) is 48.7 Å². The average molecular weight is 400 g/mol. The summed E-state index contributed by atoms with van der Waals surface area (Å²) in [5.41, 5.74) is 4.97. The Morgan fingerprint density at radius 3 is 2.27 bits per heavy atom. The maximum absolute atomic E-state index is 12.9. The van der Waals surface area contributed by atoms with E-state index in [1.165, 1.54) is 5.56 Å². The van der Waals surface area contributed by atoms with Crippen molar-refractivity contribution >= 4 is 11.0 Å². The summed E-state index contributed by atoms with van der Waals surface area (Å²) in [6, 6.07) is 21.7. The van der Waals surface area contributed by atoms with Gasteiger partial charge in [-0.05, 0) is 37.1 Å². The lowest BCUT2D eigenvalue weighted by Crippen LogP contribution is -2.12. The molecule has 152 valence electrons. The molecule has 0 aliphatic carbocycles. The molecule has 30 heavy (non-hydrogen) atoms. The summed E-state index contributed by atoms with van der Waals surface area (Å²) in [4.78, 5) is 12.9. The van der Waals surface area contributed by atoms with Gasteiger partial charge in [-0.15, -0.1) is 0 Å². The van der Waals surface area contributed by atoms with Crippen LogP contribution < -0.4 is 15.1 Å². The van der Waals surface area contributed by atoms with Gasteiger partial charge in [0.25, 0.3) is 0 Å². The lowest BCUT2D eigenvalue weighted by Gasteiger charge is -2.14. The first-order valence-corrected chi connectivity index (χ1v) is 9.91. The molecule has 1 heterocycles. The number of aryl methyl sites for hydroxylation is 2. The minimum absolute atomic E-state index is 0.368. The quantitative estimate of drug-likeness (QED) is 0.396. The van der Waals surface area contributed by atoms with Gasteiger partial charge in [-0.2, -0.15) is 0 Å². The highest BCUT2D eigenvalue weighted by atomic mass is 16.5. The van der Waals surface area contributed by atoms with Crippen LogP contribution in [0.5, 0.6) is 11.5 Å². The van der Waals surface area contributed by atoms with Crippen LogP contribution in [-0.4, -0.2) is 7.11 Å². The minimum atomic E-state index is -0.392. The Morgan fingerprint density at radius 2 is 1.57 bits per heavy atom. The van der Waals surface area contributed by atoms with Crippen LogP contribution in [0.25, 0.3) is 11.0 Å². The first kappa shape index (κ1) is 19.8. The highest BCUT2D eigenvalue weighted by Gasteiger charge is 2.18. The second-order valence-electron chi connectivity index (χ2n) is 7.50. The first-order chi connectivity index (χ1) is 14.5.